The van der Waals surface area contributed by atoms with Gasteiger partial charge in [0.1, 0.15) is 5.69 Å². The highest BCUT2D eigenvalue weighted by atomic mass is 16.5. The third-order valence-electron chi connectivity index (χ3n) is 3.96. The maximum absolute atomic E-state index is 5.35. The molecule has 0 unspecified atom stereocenters. The molecular formula is C14H19N5O. The molecule has 2 atom stereocenters. The molecule has 3 rings (SSSR count). The highest BCUT2D eigenvalue weighted by Gasteiger charge is 2.26. The lowest BCUT2D eigenvalue weighted by atomic mass is 9.98. The summed E-state index contributed by atoms with van der Waals surface area (Å²) in [6.45, 7) is 5.22. The van der Waals surface area contributed by atoms with Crippen molar-refractivity contribution in [1.29, 1.82) is 0 Å². The SMILES string of the molecule is C[C@@H]1CCC[C@H](C)N1Cc1nc(-c2cccnn2)no1. The molecule has 6 nitrogen and oxygen atoms in total. The quantitative estimate of drug-likeness (QED) is 0.854. The molecular weight excluding hydrogens is 254 g/mol. The Morgan fingerprint density at radius 2 is 2.10 bits per heavy atom. The number of piperidine rings is 1. The molecule has 20 heavy (non-hydrogen) atoms. The fourth-order valence-corrected chi connectivity index (χ4v) is 2.79. The van der Waals surface area contributed by atoms with Crippen LogP contribution in [0.15, 0.2) is 22.9 Å². The zero-order chi connectivity index (χ0) is 13.9. The van der Waals surface area contributed by atoms with Crippen molar-refractivity contribution in [2.75, 3.05) is 0 Å². The number of rotatable bonds is 3. The standard InChI is InChI=1S/C14H19N5O/c1-10-5-3-6-11(2)19(10)9-13-16-14(18-20-13)12-7-4-8-15-17-12/h4,7-8,10-11H,3,5-6,9H2,1-2H3/t10-,11+. The van der Waals surface area contributed by atoms with E-state index in [0.717, 1.165) is 0 Å². The Labute approximate surface area is 118 Å². The van der Waals surface area contributed by atoms with E-state index in [-0.39, 0.29) is 0 Å². The van der Waals surface area contributed by atoms with Crippen LogP contribution in [-0.2, 0) is 6.54 Å². The normalized spacial score (nSPS) is 23.9. The van der Waals surface area contributed by atoms with Crippen LogP contribution in [0.25, 0.3) is 11.5 Å². The van der Waals surface area contributed by atoms with Gasteiger partial charge < -0.3 is 4.52 Å². The van der Waals surface area contributed by atoms with Gasteiger partial charge in [0, 0.05) is 18.3 Å². The van der Waals surface area contributed by atoms with Crippen molar-refractivity contribution in [3.05, 3.63) is 24.2 Å². The van der Waals surface area contributed by atoms with Crippen LogP contribution >= 0.6 is 0 Å². The van der Waals surface area contributed by atoms with Gasteiger partial charge in [0.05, 0.1) is 6.54 Å². The van der Waals surface area contributed by atoms with E-state index in [1.165, 1.54) is 19.3 Å². The maximum Gasteiger partial charge on any atom is 0.241 e. The number of nitrogens with zero attached hydrogens (tertiary/aromatic N) is 5. The number of aromatic nitrogens is 4. The first-order chi connectivity index (χ1) is 9.74. The van der Waals surface area contributed by atoms with Gasteiger partial charge in [-0.25, -0.2) is 0 Å². The van der Waals surface area contributed by atoms with Gasteiger partial charge in [-0.1, -0.05) is 11.6 Å². The van der Waals surface area contributed by atoms with Gasteiger partial charge in [-0.05, 0) is 38.8 Å². The van der Waals surface area contributed by atoms with Crippen LogP contribution in [0.2, 0.25) is 0 Å². The van der Waals surface area contributed by atoms with Crippen molar-refractivity contribution >= 4 is 0 Å². The van der Waals surface area contributed by atoms with Crippen LogP contribution in [0.5, 0.6) is 0 Å². The smallest absolute Gasteiger partial charge is 0.241 e. The van der Waals surface area contributed by atoms with Crippen molar-refractivity contribution in [3.63, 3.8) is 0 Å². The molecule has 0 amide bonds. The van der Waals surface area contributed by atoms with E-state index in [2.05, 4.69) is 39.1 Å². The molecule has 2 aromatic rings. The van der Waals surface area contributed by atoms with Crippen molar-refractivity contribution in [2.24, 2.45) is 0 Å². The van der Waals surface area contributed by atoms with Crippen LogP contribution in [0.1, 0.15) is 39.0 Å². The predicted molar refractivity (Wildman–Crippen MR) is 73.6 cm³/mol. The Bertz CT molecular complexity index is 546. The fraction of sp³-hybridized carbons (Fsp3) is 0.571. The zero-order valence-electron chi connectivity index (χ0n) is 11.9. The van der Waals surface area contributed by atoms with E-state index in [1.54, 1.807) is 6.20 Å². The van der Waals surface area contributed by atoms with E-state index in [9.17, 15) is 0 Å². The van der Waals surface area contributed by atoms with Gasteiger partial charge in [0.25, 0.3) is 0 Å². The number of hydrogen-bond acceptors (Lipinski definition) is 6. The number of hydrogen-bond donors (Lipinski definition) is 0. The first kappa shape index (κ1) is 13.2. The van der Waals surface area contributed by atoms with E-state index in [4.69, 9.17) is 4.52 Å². The molecule has 0 aromatic carbocycles. The van der Waals surface area contributed by atoms with Gasteiger partial charge in [-0.3, -0.25) is 4.90 Å². The van der Waals surface area contributed by atoms with Crippen molar-refractivity contribution < 1.29 is 4.52 Å². The fourth-order valence-electron chi connectivity index (χ4n) is 2.79. The molecule has 0 radical (unpaired) electrons. The molecule has 3 heterocycles. The van der Waals surface area contributed by atoms with Crippen molar-refractivity contribution in [2.45, 2.75) is 51.7 Å². The summed E-state index contributed by atoms with van der Waals surface area (Å²) in [7, 11) is 0. The van der Waals surface area contributed by atoms with Crippen LogP contribution in [0, 0.1) is 0 Å². The molecule has 0 saturated carbocycles. The lowest BCUT2D eigenvalue weighted by Gasteiger charge is -2.37. The Kier molecular flexibility index (Phi) is 3.73. The first-order valence-corrected chi connectivity index (χ1v) is 7.10. The largest absolute Gasteiger partial charge is 0.337 e. The molecule has 1 aliphatic heterocycles. The second-order valence-electron chi connectivity index (χ2n) is 5.42. The minimum Gasteiger partial charge on any atom is -0.337 e. The molecule has 0 N–H and O–H groups in total. The zero-order valence-corrected chi connectivity index (χ0v) is 11.9. The van der Waals surface area contributed by atoms with Gasteiger partial charge >= 0.3 is 0 Å². The summed E-state index contributed by atoms with van der Waals surface area (Å²) in [5.74, 6) is 1.15. The monoisotopic (exact) mass is 273 g/mol. The second-order valence-corrected chi connectivity index (χ2v) is 5.42. The van der Waals surface area contributed by atoms with Gasteiger partial charge in [0.2, 0.25) is 11.7 Å². The third-order valence-corrected chi connectivity index (χ3v) is 3.96. The molecule has 0 bridgehead atoms. The van der Waals surface area contributed by atoms with Gasteiger partial charge in [-0.2, -0.15) is 10.1 Å². The lowest BCUT2D eigenvalue weighted by molar-refractivity contribution is 0.0825. The van der Waals surface area contributed by atoms with Crippen molar-refractivity contribution in [3.8, 4) is 11.5 Å². The molecule has 2 aromatic heterocycles. The summed E-state index contributed by atoms with van der Waals surface area (Å²) in [5, 5.41) is 11.8. The number of likely N-dealkylation sites (tertiary alicyclic amines) is 1. The topological polar surface area (TPSA) is 67.9 Å². The summed E-state index contributed by atoms with van der Waals surface area (Å²) in [5.41, 5.74) is 0.641. The van der Waals surface area contributed by atoms with E-state index in [0.29, 0.717) is 36.0 Å². The third kappa shape index (κ3) is 2.70. The van der Waals surface area contributed by atoms with E-state index < -0.39 is 0 Å². The summed E-state index contributed by atoms with van der Waals surface area (Å²) in [4.78, 5) is 6.85. The molecule has 1 saturated heterocycles. The molecule has 0 aliphatic carbocycles. The van der Waals surface area contributed by atoms with Crippen LogP contribution < -0.4 is 0 Å². The maximum atomic E-state index is 5.35. The average molecular weight is 273 g/mol. The summed E-state index contributed by atoms with van der Waals surface area (Å²) >= 11 is 0. The average Bonchev–Trinajstić information content (AvgIpc) is 2.93. The van der Waals surface area contributed by atoms with Crippen LogP contribution in [-0.4, -0.2) is 37.3 Å². The lowest BCUT2D eigenvalue weighted by Crippen LogP contribution is -2.43. The van der Waals surface area contributed by atoms with E-state index in [1.807, 2.05) is 12.1 Å². The second kappa shape index (κ2) is 5.66. The summed E-state index contributed by atoms with van der Waals surface area (Å²) in [6, 6.07) is 4.76. The Morgan fingerprint density at radius 3 is 2.80 bits per heavy atom. The molecule has 1 fully saturated rings. The minimum absolute atomic E-state index is 0.505. The minimum atomic E-state index is 0.505. The van der Waals surface area contributed by atoms with Gasteiger partial charge in [-0.15, -0.1) is 5.10 Å². The van der Waals surface area contributed by atoms with Gasteiger partial charge in [0.15, 0.2) is 0 Å². The highest BCUT2D eigenvalue weighted by Crippen LogP contribution is 2.24. The summed E-state index contributed by atoms with van der Waals surface area (Å²) < 4.78 is 5.35. The first-order valence-electron chi connectivity index (χ1n) is 7.10. The Balaban J connectivity index is 1.74. The van der Waals surface area contributed by atoms with Crippen LogP contribution in [0.4, 0.5) is 0 Å². The van der Waals surface area contributed by atoms with E-state index >= 15 is 0 Å². The van der Waals surface area contributed by atoms with Crippen molar-refractivity contribution in [1.82, 2.24) is 25.2 Å². The Morgan fingerprint density at radius 1 is 1.30 bits per heavy atom. The Hall–Kier alpha value is -1.82. The molecule has 106 valence electrons. The molecule has 1 aliphatic rings. The molecule has 0 spiro atoms. The summed E-state index contributed by atoms with van der Waals surface area (Å²) in [6.07, 6.45) is 5.39. The molecule has 6 heteroatoms. The predicted octanol–water partition coefficient (Wildman–Crippen LogP) is 2.29. The highest BCUT2D eigenvalue weighted by molar-refractivity contribution is 5.46. The van der Waals surface area contributed by atoms with Crippen LogP contribution in [0.3, 0.4) is 0 Å².